The van der Waals surface area contributed by atoms with Gasteiger partial charge in [0.2, 0.25) is 0 Å². The van der Waals surface area contributed by atoms with Crippen LogP contribution >= 0.6 is 0 Å². The molecule has 0 bridgehead atoms. The maximum atomic E-state index is 11.8. The molecular weight excluding hydrogens is 252 g/mol. The van der Waals surface area contributed by atoms with Crippen LogP contribution in [0.25, 0.3) is 0 Å². The average Bonchev–Trinajstić information content (AvgIpc) is 2.26. The molecule has 0 rings (SSSR count). The lowest BCUT2D eigenvalue weighted by atomic mass is 10.1. The number of carbonyl (C=O) groups is 2. The van der Waals surface area contributed by atoms with Crippen LogP contribution in [0.3, 0.4) is 0 Å². The third-order valence-electron chi connectivity index (χ3n) is 2.25. The second kappa shape index (κ2) is 6.60. The molecule has 0 spiro atoms. The molecule has 7 heteroatoms. The van der Waals surface area contributed by atoms with Crippen molar-refractivity contribution < 1.29 is 24.2 Å². The Labute approximate surface area is 113 Å². The number of azo groups is 1. The van der Waals surface area contributed by atoms with Crippen molar-refractivity contribution in [1.82, 2.24) is 0 Å². The second-order valence-electron chi connectivity index (χ2n) is 5.05. The smallest absolute Gasteiger partial charge is 0.337 e. The number of ether oxygens (including phenoxy) is 2. The molecule has 0 amide bonds. The summed E-state index contributed by atoms with van der Waals surface area (Å²) in [5, 5.41) is 16.4. The average molecular weight is 274 g/mol. The number of hydrogen-bond acceptors (Lipinski definition) is 6. The molecule has 0 saturated heterocycles. The molecule has 7 nitrogen and oxygen atoms in total. The quantitative estimate of drug-likeness (QED) is 0.435. The molecule has 0 saturated carbocycles. The van der Waals surface area contributed by atoms with Gasteiger partial charge in [0, 0.05) is 6.61 Å². The Kier molecular flexibility index (Phi) is 6.08. The van der Waals surface area contributed by atoms with Crippen molar-refractivity contribution in [3.05, 3.63) is 0 Å². The van der Waals surface area contributed by atoms with E-state index in [0.717, 1.165) is 0 Å². The van der Waals surface area contributed by atoms with Gasteiger partial charge in [0.25, 0.3) is 0 Å². The molecular formula is C12H22N2O5. The first-order valence-electron chi connectivity index (χ1n) is 6.03. The van der Waals surface area contributed by atoms with Gasteiger partial charge in [-0.1, -0.05) is 0 Å². The topological polar surface area (TPSA) is 97.5 Å². The molecule has 110 valence electrons. The Bertz CT molecular complexity index is 363. The third-order valence-corrected chi connectivity index (χ3v) is 2.25. The third kappa shape index (κ3) is 5.78. The van der Waals surface area contributed by atoms with E-state index >= 15 is 0 Å². The van der Waals surface area contributed by atoms with Gasteiger partial charge in [0.05, 0.1) is 0 Å². The van der Waals surface area contributed by atoms with Gasteiger partial charge in [-0.15, -0.1) is 0 Å². The zero-order chi connectivity index (χ0) is 15.3. The van der Waals surface area contributed by atoms with E-state index in [1.54, 1.807) is 13.8 Å². The van der Waals surface area contributed by atoms with Crippen molar-refractivity contribution in [3.8, 4) is 0 Å². The number of carboxylic acid groups (broad SMARTS) is 1. The summed E-state index contributed by atoms with van der Waals surface area (Å²) in [6.07, 6.45) is -0.681. The van der Waals surface area contributed by atoms with Crippen molar-refractivity contribution in [1.29, 1.82) is 0 Å². The lowest BCUT2D eigenvalue weighted by Gasteiger charge is -2.21. The minimum absolute atomic E-state index is 0.419. The molecule has 0 radical (unpaired) electrons. The molecule has 19 heavy (non-hydrogen) atoms. The number of esters is 1. The number of hydrogen-bond donors (Lipinski definition) is 1. The van der Waals surface area contributed by atoms with Crippen molar-refractivity contribution >= 4 is 11.9 Å². The first kappa shape index (κ1) is 17.5. The summed E-state index contributed by atoms with van der Waals surface area (Å²) in [6, 6.07) is 0. The zero-order valence-electron chi connectivity index (χ0n) is 12.3. The molecule has 0 fully saturated rings. The van der Waals surface area contributed by atoms with E-state index in [4.69, 9.17) is 14.6 Å². The van der Waals surface area contributed by atoms with E-state index in [9.17, 15) is 9.59 Å². The van der Waals surface area contributed by atoms with Crippen LogP contribution in [-0.4, -0.2) is 41.0 Å². The Balaban J connectivity index is 4.75. The summed E-state index contributed by atoms with van der Waals surface area (Å²) in [6.45, 7) is 9.57. The Morgan fingerprint density at radius 2 is 1.63 bits per heavy atom. The SMILES string of the molecule is CCOC(C)OC(=O)C(C)(C)/N=N\C(C)(C)C(=O)O. The number of aliphatic carboxylic acids is 1. The van der Waals surface area contributed by atoms with Gasteiger partial charge in [-0.05, 0) is 41.5 Å². The standard InChI is InChI=1S/C12H22N2O5/c1-7-18-8(2)19-10(17)12(5,6)14-13-11(3,4)9(15)16/h8H,7H2,1-6H3,(H,15,16)/b14-13-. The van der Waals surface area contributed by atoms with Crippen molar-refractivity contribution in [3.63, 3.8) is 0 Å². The Morgan fingerprint density at radius 1 is 1.16 bits per heavy atom. The first-order valence-corrected chi connectivity index (χ1v) is 6.03. The number of carboxylic acids is 1. The molecule has 0 aromatic carbocycles. The minimum Gasteiger partial charge on any atom is -0.479 e. The van der Waals surface area contributed by atoms with Gasteiger partial charge < -0.3 is 14.6 Å². The molecule has 0 aromatic rings. The molecule has 0 aliphatic carbocycles. The van der Waals surface area contributed by atoms with Gasteiger partial charge in [0.15, 0.2) is 17.4 Å². The molecule has 0 aliphatic heterocycles. The van der Waals surface area contributed by atoms with Crippen LogP contribution in [-0.2, 0) is 19.1 Å². The molecule has 1 atom stereocenters. The van der Waals surface area contributed by atoms with E-state index in [2.05, 4.69) is 10.2 Å². The van der Waals surface area contributed by atoms with Gasteiger partial charge in [0.1, 0.15) is 0 Å². The molecule has 1 unspecified atom stereocenters. The van der Waals surface area contributed by atoms with E-state index < -0.39 is 29.3 Å². The van der Waals surface area contributed by atoms with E-state index in [0.29, 0.717) is 6.61 Å². The number of carbonyl (C=O) groups excluding carboxylic acids is 1. The molecule has 0 heterocycles. The normalized spacial score (nSPS) is 14.4. The zero-order valence-corrected chi connectivity index (χ0v) is 12.3. The van der Waals surface area contributed by atoms with Crippen LogP contribution < -0.4 is 0 Å². The summed E-state index contributed by atoms with van der Waals surface area (Å²) in [5.74, 6) is -1.75. The van der Waals surface area contributed by atoms with Crippen LogP contribution in [0.1, 0.15) is 41.5 Å². The van der Waals surface area contributed by atoms with E-state index in [1.165, 1.54) is 27.7 Å². The van der Waals surface area contributed by atoms with Crippen LogP contribution in [0.5, 0.6) is 0 Å². The van der Waals surface area contributed by atoms with Crippen LogP contribution in [0.4, 0.5) is 0 Å². The highest BCUT2D eigenvalue weighted by Gasteiger charge is 2.34. The highest BCUT2D eigenvalue weighted by atomic mass is 16.7. The van der Waals surface area contributed by atoms with E-state index in [1.807, 2.05) is 0 Å². The lowest BCUT2D eigenvalue weighted by molar-refractivity contribution is -0.179. The van der Waals surface area contributed by atoms with Gasteiger partial charge in [-0.25, -0.2) is 9.59 Å². The van der Waals surface area contributed by atoms with Crippen molar-refractivity contribution in [2.75, 3.05) is 6.61 Å². The number of nitrogens with zero attached hydrogens (tertiary/aromatic N) is 2. The summed E-state index contributed by atoms with van der Waals surface area (Å²) >= 11 is 0. The van der Waals surface area contributed by atoms with Gasteiger partial charge in [-0.3, -0.25) is 0 Å². The Morgan fingerprint density at radius 3 is 2.05 bits per heavy atom. The van der Waals surface area contributed by atoms with Gasteiger partial charge >= 0.3 is 11.9 Å². The highest BCUT2D eigenvalue weighted by molar-refractivity contribution is 5.80. The van der Waals surface area contributed by atoms with Crippen LogP contribution in [0, 0.1) is 0 Å². The molecule has 0 aliphatic rings. The second-order valence-corrected chi connectivity index (χ2v) is 5.05. The first-order chi connectivity index (χ1) is 8.53. The van der Waals surface area contributed by atoms with Crippen molar-refractivity contribution in [2.45, 2.75) is 58.9 Å². The molecule has 1 N–H and O–H groups in total. The maximum absolute atomic E-state index is 11.8. The molecule has 0 aromatic heterocycles. The Hall–Kier alpha value is -1.50. The maximum Gasteiger partial charge on any atom is 0.337 e. The van der Waals surface area contributed by atoms with Gasteiger partial charge in [-0.2, -0.15) is 10.2 Å². The van der Waals surface area contributed by atoms with Crippen LogP contribution in [0.15, 0.2) is 10.2 Å². The fourth-order valence-electron chi connectivity index (χ4n) is 0.897. The fourth-order valence-corrected chi connectivity index (χ4v) is 0.897. The van der Waals surface area contributed by atoms with Crippen molar-refractivity contribution in [2.24, 2.45) is 10.2 Å². The summed E-state index contributed by atoms with van der Waals surface area (Å²) in [5.41, 5.74) is -2.65. The minimum atomic E-state index is -1.39. The lowest BCUT2D eigenvalue weighted by Crippen LogP contribution is -2.36. The predicted octanol–water partition coefficient (Wildman–Crippen LogP) is 2.01. The highest BCUT2D eigenvalue weighted by Crippen LogP contribution is 2.18. The monoisotopic (exact) mass is 274 g/mol. The summed E-state index contributed by atoms with van der Waals surface area (Å²) in [4.78, 5) is 22.7. The summed E-state index contributed by atoms with van der Waals surface area (Å²) in [7, 11) is 0. The fraction of sp³-hybridized carbons (Fsp3) is 0.833. The number of rotatable bonds is 7. The van der Waals surface area contributed by atoms with E-state index in [-0.39, 0.29) is 0 Å². The van der Waals surface area contributed by atoms with Crippen LogP contribution in [0.2, 0.25) is 0 Å². The predicted molar refractivity (Wildman–Crippen MR) is 67.8 cm³/mol. The largest absolute Gasteiger partial charge is 0.479 e. The summed E-state index contributed by atoms with van der Waals surface area (Å²) < 4.78 is 10.1.